The van der Waals surface area contributed by atoms with Gasteiger partial charge in [0.2, 0.25) is 5.91 Å². The van der Waals surface area contributed by atoms with E-state index in [1.54, 1.807) is 30.9 Å². The third-order valence-corrected chi connectivity index (χ3v) is 7.52. The first-order chi connectivity index (χ1) is 19.3. The highest BCUT2D eigenvalue weighted by atomic mass is 35.5. The molecule has 0 radical (unpaired) electrons. The Kier molecular flexibility index (Phi) is 9.19. The standard InChI is InChI=1S/C31H40ClN3O6/c1-29(2,3)41-27(37)34-17-9-16-31(21-34,18-22-12-14-24(32)15-13-22)33-26(36)25-20-40-30(4,5)35(25)28(38)39-19-23-10-7-6-8-11-23/h6-8,10-15,25H,9,16-21H2,1-5H3,(H,33,36)/t25-,31+/m0/s1. The zero-order chi connectivity index (χ0) is 29.8. The lowest BCUT2D eigenvalue weighted by Crippen LogP contribution is -2.64. The van der Waals surface area contributed by atoms with Crippen LogP contribution in [0.5, 0.6) is 0 Å². The number of benzene rings is 2. The van der Waals surface area contributed by atoms with Gasteiger partial charge < -0.3 is 24.4 Å². The summed E-state index contributed by atoms with van der Waals surface area (Å²) in [4.78, 5) is 43.3. The Bertz CT molecular complexity index is 1230. The molecule has 2 fully saturated rings. The van der Waals surface area contributed by atoms with E-state index in [4.69, 9.17) is 25.8 Å². The van der Waals surface area contributed by atoms with Gasteiger partial charge in [0, 0.05) is 18.1 Å². The Hall–Kier alpha value is -3.30. The van der Waals surface area contributed by atoms with Crippen LogP contribution >= 0.6 is 11.6 Å². The summed E-state index contributed by atoms with van der Waals surface area (Å²) >= 11 is 6.12. The number of halogens is 1. The van der Waals surface area contributed by atoms with E-state index < -0.39 is 35.1 Å². The Morgan fingerprint density at radius 3 is 2.37 bits per heavy atom. The van der Waals surface area contributed by atoms with E-state index in [1.807, 2.05) is 63.2 Å². The molecule has 2 aromatic rings. The Balaban J connectivity index is 1.55. The molecular formula is C31H40ClN3O6. The highest BCUT2D eigenvalue weighted by molar-refractivity contribution is 6.30. The first-order valence-corrected chi connectivity index (χ1v) is 14.3. The van der Waals surface area contributed by atoms with Crippen LogP contribution in [0.15, 0.2) is 54.6 Å². The lowest BCUT2D eigenvalue weighted by atomic mass is 9.82. The van der Waals surface area contributed by atoms with Crippen LogP contribution in [0.4, 0.5) is 9.59 Å². The average Bonchev–Trinajstić information content (AvgIpc) is 3.23. The molecule has 0 saturated carbocycles. The molecule has 2 aliphatic rings. The Labute approximate surface area is 247 Å². The minimum absolute atomic E-state index is 0.0199. The van der Waals surface area contributed by atoms with E-state index in [1.165, 1.54) is 4.90 Å². The minimum Gasteiger partial charge on any atom is -0.444 e. The predicted molar refractivity (Wildman–Crippen MR) is 155 cm³/mol. The molecule has 0 bridgehead atoms. The average molecular weight is 586 g/mol. The molecule has 222 valence electrons. The molecule has 2 saturated heterocycles. The summed E-state index contributed by atoms with van der Waals surface area (Å²) in [6, 6.07) is 15.9. The fraction of sp³-hybridized carbons (Fsp3) is 0.516. The molecule has 9 nitrogen and oxygen atoms in total. The van der Waals surface area contributed by atoms with Gasteiger partial charge in [-0.15, -0.1) is 0 Å². The molecule has 0 aromatic heterocycles. The smallest absolute Gasteiger partial charge is 0.413 e. The van der Waals surface area contributed by atoms with Crippen molar-refractivity contribution in [2.24, 2.45) is 0 Å². The summed E-state index contributed by atoms with van der Waals surface area (Å²) < 4.78 is 17.1. The Morgan fingerprint density at radius 1 is 1.02 bits per heavy atom. The topological polar surface area (TPSA) is 97.4 Å². The quantitative estimate of drug-likeness (QED) is 0.478. The molecule has 2 heterocycles. The molecule has 1 N–H and O–H groups in total. The molecule has 4 rings (SSSR count). The van der Waals surface area contributed by atoms with Crippen LogP contribution in [0.2, 0.25) is 5.02 Å². The molecule has 0 spiro atoms. The number of ether oxygens (including phenoxy) is 3. The van der Waals surface area contributed by atoms with Crippen molar-refractivity contribution in [2.75, 3.05) is 19.7 Å². The van der Waals surface area contributed by atoms with E-state index in [9.17, 15) is 14.4 Å². The van der Waals surface area contributed by atoms with Crippen LogP contribution in [0, 0.1) is 0 Å². The molecule has 0 unspecified atom stereocenters. The summed E-state index contributed by atoms with van der Waals surface area (Å²) in [6.07, 6.45) is 0.703. The van der Waals surface area contributed by atoms with Gasteiger partial charge >= 0.3 is 12.2 Å². The van der Waals surface area contributed by atoms with Crippen molar-refractivity contribution in [3.8, 4) is 0 Å². The second kappa shape index (κ2) is 12.3. The molecule has 2 aromatic carbocycles. The number of carbonyl (C=O) groups excluding carboxylic acids is 3. The molecule has 10 heteroatoms. The first kappa shape index (κ1) is 30.7. The first-order valence-electron chi connectivity index (χ1n) is 14.0. The van der Waals surface area contributed by atoms with Gasteiger partial charge in [-0.25, -0.2) is 9.59 Å². The maximum absolute atomic E-state index is 13.9. The van der Waals surface area contributed by atoms with Crippen molar-refractivity contribution in [1.82, 2.24) is 15.1 Å². The highest BCUT2D eigenvalue weighted by Crippen LogP contribution is 2.32. The number of hydrogen-bond acceptors (Lipinski definition) is 6. The molecule has 3 amide bonds. The van der Waals surface area contributed by atoms with Crippen molar-refractivity contribution in [2.45, 2.75) is 83.4 Å². The van der Waals surface area contributed by atoms with Gasteiger partial charge in [0.05, 0.1) is 12.1 Å². The Morgan fingerprint density at radius 2 is 1.71 bits per heavy atom. The summed E-state index contributed by atoms with van der Waals surface area (Å²) in [5.41, 5.74) is -0.695. The lowest BCUT2D eigenvalue weighted by Gasteiger charge is -2.44. The number of hydrogen-bond donors (Lipinski definition) is 1. The third-order valence-electron chi connectivity index (χ3n) is 7.26. The largest absolute Gasteiger partial charge is 0.444 e. The molecule has 41 heavy (non-hydrogen) atoms. The monoisotopic (exact) mass is 585 g/mol. The van der Waals surface area contributed by atoms with Crippen LogP contribution in [-0.2, 0) is 32.0 Å². The number of nitrogens with zero attached hydrogens (tertiary/aromatic N) is 2. The fourth-order valence-corrected chi connectivity index (χ4v) is 5.50. The number of carbonyl (C=O) groups is 3. The number of rotatable bonds is 6. The van der Waals surface area contributed by atoms with Crippen molar-refractivity contribution in [1.29, 1.82) is 0 Å². The van der Waals surface area contributed by atoms with Gasteiger partial charge in [-0.1, -0.05) is 54.1 Å². The summed E-state index contributed by atoms with van der Waals surface area (Å²) in [7, 11) is 0. The number of piperidine rings is 1. The van der Waals surface area contributed by atoms with E-state index in [-0.39, 0.29) is 25.7 Å². The van der Waals surface area contributed by atoms with Crippen LogP contribution in [0.3, 0.4) is 0 Å². The van der Waals surface area contributed by atoms with Crippen LogP contribution in [0.25, 0.3) is 0 Å². The van der Waals surface area contributed by atoms with Gasteiger partial charge in [-0.3, -0.25) is 9.69 Å². The molecular weight excluding hydrogens is 546 g/mol. The maximum atomic E-state index is 13.9. The van der Waals surface area contributed by atoms with Crippen molar-refractivity contribution in [3.05, 3.63) is 70.7 Å². The van der Waals surface area contributed by atoms with Gasteiger partial charge in [-0.05, 0) is 77.1 Å². The maximum Gasteiger partial charge on any atom is 0.413 e. The second-order valence-corrected chi connectivity index (χ2v) is 12.7. The number of amides is 3. The van der Waals surface area contributed by atoms with Gasteiger partial charge in [-0.2, -0.15) is 0 Å². The van der Waals surface area contributed by atoms with Crippen LogP contribution in [-0.4, -0.2) is 70.5 Å². The summed E-state index contributed by atoms with van der Waals surface area (Å²) in [5.74, 6) is -0.368. The van der Waals surface area contributed by atoms with Gasteiger partial charge in [0.15, 0.2) is 0 Å². The lowest BCUT2D eigenvalue weighted by molar-refractivity contribution is -0.129. The van der Waals surface area contributed by atoms with Gasteiger partial charge in [0.25, 0.3) is 0 Å². The van der Waals surface area contributed by atoms with E-state index >= 15 is 0 Å². The molecule has 2 atom stereocenters. The number of likely N-dealkylation sites (tertiary alicyclic amines) is 1. The minimum atomic E-state index is -1.05. The van der Waals surface area contributed by atoms with E-state index in [0.717, 1.165) is 11.1 Å². The zero-order valence-corrected chi connectivity index (χ0v) is 25.2. The SMILES string of the molecule is CC(C)(C)OC(=O)N1CCC[C@](Cc2ccc(Cl)cc2)(NC(=O)[C@@H]2COC(C)(C)N2C(=O)OCc2ccccc2)C1. The highest BCUT2D eigenvalue weighted by Gasteiger charge is 2.50. The van der Waals surface area contributed by atoms with Crippen molar-refractivity contribution < 1.29 is 28.6 Å². The number of nitrogens with one attached hydrogen (secondary N) is 1. The van der Waals surface area contributed by atoms with E-state index in [2.05, 4.69) is 5.32 Å². The predicted octanol–water partition coefficient (Wildman–Crippen LogP) is 5.54. The second-order valence-electron chi connectivity index (χ2n) is 12.3. The fourth-order valence-electron chi connectivity index (χ4n) is 5.37. The molecule has 0 aliphatic carbocycles. The molecule has 2 aliphatic heterocycles. The summed E-state index contributed by atoms with van der Waals surface area (Å²) in [5, 5.41) is 3.84. The summed E-state index contributed by atoms with van der Waals surface area (Å²) in [6.45, 7) is 9.81. The van der Waals surface area contributed by atoms with Crippen LogP contribution in [0.1, 0.15) is 58.6 Å². The third kappa shape index (κ3) is 7.92. The van der Waals surface area contributed by atoms with Crippen molar-refractivity contribution in [3.63, 3.8) is 0 Å². The van der Waals surface area contributed by atoms with Crippen molar-refractivity contribution >= 4 is 29.7 Å². The van der Waals surface area contributed by atoms with Crippen LogP contribution < -0.4 is 5.32 Å². The zero-order valence-electron chi connectivity index (χ0n) is 24.4. The van der Waals surface area contributed by atoms with E-state index in [0.29, 0.717) is 30.8 Å². The normalized spacial score (nSPS) is 22.2. The van der Waals surface area contributed by atoms with Gasteiger partial charge in [0.1, 0.15) is 24.0 Å².